The number of nitrogens with zero attached hydrogens (tertiary/aromatic N) is 1. The van der Waals surface area contributed by atoms with Crippen molar-refractivity contribution in [2.45, 2.75) is 25.6 Å². The summed E-state index contributed by atoms with van der Waals surface area (Å²) >= 11 is 5.82. The third-order valence-electron chi connectivity index (χ3n) is 3.43. The summed E-state index contributed by atoms with van der Waals surface area (Å²) in [4.78, 5) is 2.26. The van der Waals surface area contributed by atoms with Crippen molar-refractivity contribution in [3.05, 3.63) is 29.6 Å². The second kappa shape index (κ2) is 5.05. The summed E-state index contributed by atoms with van der Waals surface area (Å²) in [5.74, 6) is 0.800. The molecule has 1 fully saturated rings. The van der Waals surface area contributed by atoms with E-state index in [2.05, 4.69) is 11.8 Å². The molecule has 1 heterocycles. The Morgan fingerprint density at radius 3 is 2.94 bits per heavy atom. The molecule has 1 atom stereocenters. The van der Waals surface area contributed by atoms with Crippen LogP contribution in [0.25, 0.3) is 0 Å². The Labute approximate surface area is 101 Å². The van der Waals surface area contributed by atoms with Gasteiger partial charge in [-0.05, 0) is 24.5 Å². The van der Waals surface area contributed by atoms with E-state index in [1.807, 2.05) is 6.07 Å². The lowest BCUT2D eigenvalue weighted by molar-refractivity contribution is 0.568. The van der Waals surface area contributed by atoms with Crippen LogP contribution in [0.4, 0.5) is 10.1 Å². The van der Waals surface area contributed by atoms with Gasteiger partial charge < -0.3 is 4.90 Å². The smallest absolute Gasteiger partial charge is 0.129 e. The molecule has 0 saturated carbocycles. The van der Waals surface area contributed by atoms with Crippen molar-refractivity contribution in [3.63, 3.8) is 0 Å². The van der Waals surface area contributed by atoms with Crippen LogP contribution in [0.15, 0.2) is 18.2 Å². The molecular formula is C13H17ClFN. The van der Waals surface area contributed by atoms with Gasteiger partial charge in [0.15, 0.2) is 0 Å². The Bertz CT molecular complexity index is 367. The van der Waals surface area contributed by atoms with E-state index in [-0.39, 0.29) is 11.7 Å². The predicted octanol–water partition coefficient (Wildman–Crippen LogP) is 3.80. The summed E-state index contributed by atoms with van der Waals surface area (Å²) < 4.78 is 13.6. The number of benzene rings is 1. The zero-order valence-electron chi connectivity index (χ0n) is 9.55. The van der Waals surface area contributed by atoms with Crippen molar-refractivity contribution < 1.29 is 4.39 Å². The highest BCUT2D eigenvalue weighted by Crippen LogP contribution is 2.30. The fraction of sp³-hybridized carbons (Fsp3) is 0.538. The molecule has 0 spiro atoms. The van der Waals surface area contributed by atoms with Crippen LogP contribution in [-0.2, 0) is 5.88 Å². The number of hydrogen-bond acceptors (Lipinski definition) is 1. The molecule has 1 aliphatic heterocycles. The van der Waals surface area contributed by atoms with E-state index in [1.54, 1.807) is 6.07 Å². The highest BCUT2D eigenvalue weighted by molar-refractivity contribution is 6.17. The van der Waals surface area contributed by atoms with E-state index in [0.29, 0.717) is 5.56 Å². The first-order chi connectivity index (χ1) is 7.76. The van der Waals surface area contributed by atoms with Crippen molar-refractivity contribution >= 4 is 17.3 Å². The van der Waals surface area contributed by atoms with Crippen LogP contribution in [0.3, 0.4) is 0 Å². The van der Waals surface area contributed by atoms with Crippen LogP contribution in [-0.4, -0.2) is 13.1 Å². The zero-order chi connectivity index (χ0) is 11.5. The van der Waals surface area contributed by atoms with Gasteiger partial charge in [-0.15, -0.1) is 11.6 Å². The number of hydrogen-bond donors (Lipinski definition) is 0. The summed E-state index contributed by atoms with van der Waals surface area (Å²) in [5.41, 5.74) is 1.62. The maximum atomic E-state index is 13.6. The second-order valence-electron chi connectivity index (χ2n) is 4.38. The molecule has 1 saturated heterocycles. The van der Waals surface area contributed by atoms with E-state index in [4.69, 9.17) is 11.6 Å². The summed E-state index contributed by atoms with van der Waals surface area (Å²) in [6.07, 6.45) is 2.40. The first-order valence-electron chi connectivity index (χ1n) is 5.84. The number of rotatable bonds is 3. The number of anilines is 1. The fourth-order valence-corrected chi connectivity index (χ4v) is 2.63. The molecular weight excluding hydrogens is 225 g/mol. The minimum atomic E-state index is -0.188. The summed E-state index contributed by atoms with van der Waals surface area (Å²) in [5, 5.41) is 0. The third kappa shape index (κ3) is 2.17. The van der Waals surface area contributed by atoms with E-state index in [0.717, 1.165) is 24.7 Å². The fourth-order valence-electron chi connectivity index (χ4n) is 2.36. The summed E-state index contributed by atoms with van der Waals surface area (Å²) in [6.45, 7) is 4.26. The van der Waals surface area contributed by atoms with Gasteiger partial charge in [0.25, 0.3) is 0 Å². The summed E-state index contributed by atoms with van der Waals surface area (Å²) in [6, 6.07) is 5.22. The van der Waals surface area contributed by atoms with Gasteiger partial charge in [0.2, 0.25) is 0 Å². The molecule has 1 nitrogen and oxygen atoms in total. The quantitative estimate of drug-likeness (QED) is 0.728. The molecule has 0 aliphatic carbocycles. The normalized spacial score (nSPS) is 20.4. The summed E-state index contributed by atoms with van der Waals surface area (Å²) in [7, 11) is 0. The van der Waals surface area contributed by atoms with Crippen LogP contribution in [0.5, 0.6) is 0 Å². The van der Waals surface area contributed by atoms with Gasteiger partial charge in [0.1, 0.15) is 5.82 Å². The first kappa shape index (κ1) is 11.7. The highest BCUT2D eigenvalue weighted by Gasteiger charge is 2.23. The van der Waals surface area contributed by atoms with E-state index < -0.39 is 0 Å². The van der Waals surface area contributed by atoms with Crippen LogP contribution in [0.1, 0.15) is 25.3 Å². The lowest BCUT2D eigenvalue weighted by Gasteiger charge is -2.21. The minimum Gasteiger partial charge on any atom is -0.371 e. The molecule has 0 N–H and O–H groups in total. The van der Waals surface area contributed by atoms with Crippen LogP contribution >= 0.6 is 11.6 Å². The maximum absolute atomic E-state index is 13.6. The van der Waals surface area contributed by atoms with E-state index >= 15 is 0 Å². The van der Waals surface area contributed by atoms with Gasteiger partial charge in [-0.3, -0.25) is 0 Å². The molecule has 1 aromatic carbocycles. The SMILES string of the molecule is CCC1CCN(c2cccc(F)c2CCl)C1. The van der Waals surface area contributed by atoms with Crippen molar-refractivity contribution in [1.82, 2.24) is 0 Å². The predicted molar refractivity (Wildman–Crippen MR) is 66.6 cm³/mol. The maximum Gasteiger partial charge on any atom is 0.129 e. The highest BCUT2D eigenvalue weighted by atomic mass is 35.5. The molecule has 0 bridgehead atoms. The third-order valence-corrected chi connectivity index (χ3v) is 3.70. The van der Waals surface area contributed by atoms with Gasteiger partial charge in [0.05, 0.1) is 5.88 Å². The van der Waals surface area contributed by atoms with E-state index in [9.17, 15) is 4.39 Å². The average molecular weight is 242 g/mol. The Morgan fingerprint density at radius 2 is 2.31 bits per heavy atom. The number of halogens is 2. The van der Waals surface area contributed by atoms with Gasteiger partial charge in [0, 0.05) is 24.3 Å². The van der Waals surface area contributed by atoms with Gasteiger partial charge in [-0.25, -0.2) is 4.39 Å². The molecule has 16 heavy (non-hydrogen) atoms. The molecule has 88 valence electrons. The van der Waals surface area contributed by atoms with Crippen molar-refractivity contribution in [2.24, 2.45) is 5.92 Å². The molecule has 1 aliphatic rings. The number of alkyl halides is 1. The van der Waals surface area contributed by atoms with Crippen LogP contribution in [0.2, 0.25) is 0 Å². The van der Waals surface area contributed by atoms with E-state index in [1.165, 1.54) is 18.9 Å². The van der Waals surface area contributed by atoms with Crippen molar-refractivity contribution in [1.29, 1.82) is 0 Å². The average Bonchev–Trinajstić information content (AvgIpc) is 2.77. The standard InChI is InChI=1S/C13H17ClFN/c1-2-10-6-7-16(9-10)13-5-3-4-12(15)11(13)8-14/h3-5,10H,2,6-9H2,1H3. The molecule has 0 aromatic heterocycles. The Balaban J connectivity index is 2.24. The molecule has 0 radical (unpaired) electrons. The van der Waals surface area contributed by atoms with Gasteiger partial charge in [-0.1, -0.05) is 19.4 Å². The van der Waals surface area contributed by atoms with Crippen molar-refractivity contribution in [3.8, 4) is 0 Å². The molecule has 0 amide bonds. The molecule has 2 rings (SSSR count). The van der Waals surface area contributed by atoms with Crippen LogP contribution in [0, 0.1) is 11.7 Å². The molecule has 3 heteroatoms. The second-order valence-corrected chi connectivity index (χ2v) is 4.65. The Hall–Kier alpha value is -0.760. The largest absolute Gasteiger partial charge is 0.371 e. The van der Waals surface area contributed by atoms with Crippen LogP contribution < -0.4 is 4.90 Å². The van der Waals surface area contributed by atoms with Gasteiger partial charge in [-0.2, -0.15) is 0 Å². The first-order valence-corrected chi connectivity index (χ1v) is 6.38. The Morgan fingerprint density at radius 1 is 1.50 bits per heavy atom. The molecule has 1 unspecified atom stereocenters. The lowest BCUT2D eigenvalue weighted by atomic mass is 10.1. The topological polar surface area (TPSA) is 3.24 Å². The minimum absolute atomic E-state index is 0.188. The molecule has 1 aromatic rings. The van der Waals surface area contributed by atoms with Crippen molar-refractivity contribution in [2.75, 3.05) is 18.0 Å². The Kier molecular flexibility index (Phi) is 3.70. The lowest BCUT2D eigenvalue weighted by Crippen LogP contribution is -2.21. The monoisotopic (exact) mass is 241 g/mol. The van der Waals surface area contributed by atoms with Gasteiger partial charge >= 0.3 is 0 Å². The zero-order valence-corrected chi connectivity index (χ0v) is 10.3.